The second-order valence-corrected chi connectivity index (χ2v) is 6.50. The molecule has 0 saturated heterocycles. The van der Waals surface area contributed by atoms with Crippen LogP contribution >= 0.6 is 0 Å². The Bertz CT molecular complexity index is 353. The molecule has 0 radical (unpaired) electrons. The molecule has 0 aromatic heterocycles. The number of amides is 1. The highest BCUT2D eigenvalue weighted by molar-refractivity contribution is 5.82. The van der Waals surface area contributed by atoms with E-state index in [1.807, 2.05) is 20.8 Å². The van der Waals surface area contributed by atoms with Crippen LogP contribution < -0.4 is 16.4 Å². The molecule has 0 atom stereocenters. The van der Waals surface area contributed by atoms with Crippen molar-refractivity contribution in [3.63, 3.8) is 0 Å². The van der Waals surface area contributed by atoms with Crippen LogP contribution in [0, 0.1) is 10.8 Å². The summed E-state index contributed by atoms with van der Waals surface area (Å²) in [5, 5.41) is 6.64. The number of hydrogen-bond donors (Lipinski definition) is 3. The molecule has 0 bridgehead atoms. The molecule has 116 valence electrons. The van der Waals surface area contributed by atoms with Crippen LogP contribution in [0.15, 0.2) is 4.99 Å². The van der Waals surface area contributed by atoms with E-state index >= 15 is 0 Å². The molecule has 0 aromatic rings. The number of carbonyl (C=O) groups is 1. The fraction of sp³-hybridized carbons (Fsp3) is 0.867. The fourth-order valence-corrected chi connectivity index (χ4v) is 2.30. The van der Waals surface area contributed by atoms with Gasteiger partial charge in [-0.3, -0.25) is 9.79 Å². The van der Waals surface area contributed by atoms with E-state index in [1.54, 1.807) is 0 Å². The van der Waals surface area contributed by atoms with Crippen LogP contribution in [-0.2, 0) is 4.79 Å². The van der Waals surface area contributed by atoms with Crippen molar-refractivity contribution in [2.75, 3.05) is 19.6 Å². The summed E-state index contributed by atoms with van der Waals surface area (Å²) in [6.45, 7) is 10.1. The van der Waals surface area contributed by atoms with Crippen LogP contribution in [0.1, 0.15) is 53.4 Å². The molecular weight excluding hydrogens is 252 g/mol. The number of guanidine groups is 1. The third-order valence-electron chi connectivity index (χ3n) is 4.44. The zero-order chi connectivity index (χ0) is 15.2. The van der Waals surface area contributed by atoms with Gasteiger partial charge in [0, 0.05) is 13.1 Å². The quantitative estimate of drug-likeness (QED) is 0.490. The zero-order valence-electron chi connectivity index (χ0n) is 13.4. The average Bonchev–Trinajstić information content (AvgIpc) is 2.34. The van der Waals surface area contributed by atoms with E-state index in [0.29, 0.717) is 12.0 Å². The van der Waals surface area contributed by atoms with Crippen molar-refractivity contribution in [2.45, 2.75) is 53.4 Å². The Morgan fingerprint density at radius 2 is 1.95 bits per heavy atom. The maximum absolute atomic E-state index is 11.3. The Morgan fingerprint density at radius 3 is 2.35 bits per heavy atom. The summed E-state index contributed by atoms with van der Waals surface area (Å²) in [6.07, 6.45) is 5.12. The Morgan fingerprint density at radius 1 is 1.30 bits per heavy atom. The molecule has 1 rings (SSSR count). The Kier molecular flexibility index (Phi) is 5.84. The van der Waals surface area contributed by atoms with Gasteiger partial charge in [0.05, 0.1) is 12.0 Å². The monoisotopic (exact) mass is 282 g/mol. The highest BCUT2D eigenvalue weighted by atomic mass is 16.1. The second kappa shape index (κ2) is 6.95. The molecule has 1 aliphatic carbocycles. The second-order valence-electron chi connectivity index (χ2n) is 6.50. The highest BCUT2D eigenvalue weighted by Gasteiger charge is 2.35. The topological polar surface area (TPSA) is 79.5 Å². The maximum Gasteiger partial charge on any atom is 0.224 e. The summed E-state index contributed by atoms with van der Waals surface area (Å²) in [5.74, 6) is 0.461. The highest BCUT2D eigenvalue weighted by Crippen LogP contribution is 2.42. The minimum absolute atomic E-state index is 0.318. The normalized spacial score (nSPS) is 18.3. The zero-order valence-corrected chi connectivity index (χ0v) is 13.4. The number of primary amides is 1. The van der Waals surface area contributed by atoms with Crippen LogP contribution in [-0.4, -0.2) is 31.5 Å². The lowest BCUT2D eigenvalue weighted by molar-refractivity contribution is -0.125. The van der Waals surface area contributed by atoms with Gasteiger partial charge in [0.15, 0.2) is 5.96 Å². The van der Waals surface area contributed by atoms with Gasteiger partial charge in [0.25, 0.3) is 0 Å². The molecule has 0 heterocycles. The molecule has 20 heavy (non-hydrogen) atoms. The van der Waals surface area contributed by atoms with E-state index in [0.717, 1.165) is 19.0 Å². The van der Waals surface area contributed by atoms with Crippen LogP contribution in [0.3, 0.4) is 0 Å². The molecule has 0 aliphatic heterocycles. The van der Waals surface area contributed by atoms with Gasteiger partial charge in [-0.1, -0.05) is 13.3 Å². The molecule has 5 heteroatoms. The summed E-state index contributed by atoms with van der Waals surface area (Å²) in [6, 6.07) is 0. The number of hydrogen-bond acceptors (Lipinski definition) is 2. The maximum atomic E-state index is 11.3. The van der Waals surface area contributed by atoms with E-state index in [9.17, 15) is 4.79 Å². The lowest BCUT2D eigenvalue weighted by Gasteiger charge is -2.41. The molecule has 1 fully saturated rings. The van der Waals surface area contributed by atoms with Gasteiger partial charge in [-0.25, -0.2) is 0 Å². The Balaban J connectivity index is 2.57. The first-order valence-corrected chi connectivity index (χ1v) is 7.67. The number of carbonyl (C=O) groups excluding carboxylic acids is 1. The first kappa shape index (κ1) is 16.8. The SMILES string of the molecule is CCNC(=NCC(C)(C)C(N)=O)NCC1(CC)CCC1. The van der Waals surface area contributed by atoms with Gasteiger partial charge in [0.2, 0.25) is 5.91 Å². The molecule has 0 unspecified atom stereocenters. The van der Waals surface area contributed by atoms with Crippen molar-refractivity contribution in [3.05, 3.63) is 0 Å². The van der Waals surface area contributed by atoms with Crippen molar-refractivity contribution >= 4 is 11.9 Å². The minimum atomic E-state index is -0.610. The molecule has 1 aliphatic rings. The minimum Gasteiger partial charge on any atom is -0.369 e. The van der Waals surface area contributed by atoms with E-state index in [4.69, 9.17) is 5.73 Å². The third kappa shape index (κ3) is 4.39. The standard InChI is InChI=1S/C15H30N4O/c1-5-15(8-7-9-15)11-19-13(17-6-2)18-10-14(3,4)12(16)20/h5-11H2,1-4H3,(H2,16,20)(H2,17,18,19). The predicted molar refractivity (Wildman–Crippen MR) is 83.5 cm³/mol. The van der Waals surface area contributed by atoms with Gasteiger partial charge in [-0.2, -0.15) is 0 Å². The number of nitrogens with two attached hydrogens (primary N) is 1. The molecule has 4 N–H and O–H groups in total. The van der Waals surface area contributed by atoms with Gasteiger partial charge in [-0.15, -0.1) is 0 Å². The molecule has 0 aromatic carbocycles. The van der Waals surface area contributed by atoms with Gasteiger partial charge in [0.1, 0.15) is 0 Å². The summed E-state index contributed by atoms with van der Waals surface area (Å²) < 4.78 is 0. The molecular formula is C15H30N4O. The van der Waals surface area contributed by atoms with Crippen LogP contribution in [0.4, 0.5) is 0 Å². The smallest absolute Gasteiger partial charge is 0.224 e. The van der Waals surface area contributed by atoms with E-state index in [2.05, 4.69) is 22.5 Å². The van der Waals surface area contributed by atoms with Crippen LogP contribution in [0.5, 0.6) is 0 Å². The summed E-state index contributed by atoms with van der Waals surface area (Å²) in [4.78, 5) is 15.8. The van der Waals surface area contributed by atoms with Crippen LogP contribution in [0.2, 0.25) is 0 Å². The van der Waals surface area contributed by atoms with E-state index in [-0.39, 0.29) is 5.91 Å². The van der Waals surface area contributed by atoms with E-state index < -0.39 is 5.41 Å². The molecule has 1 amide bonds. The lowest BCUT2D eigenvalue weighted by atomic mass is 9.67. The first-order chi connectivity index (χ1) is 9.35. The largest absolute Gasteiger partial charge is 0.369 e. The average molecular weight is 282 g/mol. The summed E-state index contributed by atoms with van der Waals surface area (Å²) >= 11 is 0. The number of rotatable bonds is 7. The predicted octanol–water partition coefficient (Wildman–Crippen LogP) is 1.63. The first-order valence-electron chi connectivity index (χ1n) is 7.67. The summed E-state index contributed by atoms with van der Waals surface area (Å²) in [5.41, 5.74) is 5.21. The van der Waals surface area contributed by atoms with E-state index in [1.165, 1.54) is 25.7 Å². The third-order valence-corrected chi connectivity index (χ3v) is 4.44. The lowest BCUT2D eigenvalue weighted by Crippen LogP contribution is -2.46. The van der Waals surface area contributed by atoms with Crippen molar-refractivity contribution < 1.29 is 4.79 Å². The number of aliphatic imine (C=N–C) groups is 1. The Hall–Kier alpha value is -1.26. The van der Waals surface area contributed by atoms with Gasteiger partial charge < -0.3 is 16.4 Å². The molecule has 0 spiro atoms. The van der Waals surface area contributed by atoms with Gasteiger partial charge >= 0.3 is 0 Å². The van der Waals surface area contributed by atoms with Crippen LogP contribution in [0.25, 0.3) is 0 Å². The van der Waals surface area contributed by atoms with Crippen molar-refractivity contribution in [1.29, 1.82) is 0 Å². The summed E-state index contributed by atoms with van der Waals surface area (Å²) in [7, 11) is 0. The Labute approximate surface area is 122 Å². The van der Waals surface area contributed by atoms with Crippen molar-refractivity contribution in [2.24, 2.45) is 21.6 Å². The molecule has 5 nitrogen and oxygen atoms in total. The van der Waals surface area contributed by atoms with Crippen molar-refractivity contribution in [1.82, 2.24) is 10.6 Å². The van der Waals surface area contributed by atoms with Crippen molar-refractivity contribution in [3.8, 4) is 0 Å². The van der Waals surface area contributed by atoms with Gasteiger partial charge in [-0.05, 0) is 45.4 Å². The number of nitrogens with one attached hydrogen (secondary N) is 2. The fourth-order valence-electron chi connectivity index (χ4n) is 2.30. The number of nitrogens with zero attached hydrogens (tertiary/aromatic N) is 1. The molecule has 1 saturated carbocycles.